The molecule has 0 spiro atoms. The highest BCUT2D eigenvalue weighted by molar-refractivity contribution is 5.97. The first-order chi connectivity index (χ1) is 15.5. The summed E-state index contributed by atoms with van der Waals surface area (Å²) in [5.41, 5.74) is 6.48. The van der Waals surface area contributed by atoms with Gasteiger partial charge in [0.15, 0.2) is 0 Å². The predicted molar refractivity (Wildman–Crippen MR) is 123 cm³/mol. The molecular formula is C23H26FN5O4. The highest BCUT2D eigenvalue weighted by Crippen LogP contribution is 2.27. The Balaban J connectivity index is 1.70. The zero-order chi connectivity index (χ0) is 24.2. The highest BCUT2D eigenvalue weighted by Gasteiger charge is 2.23. The predicted octanol–water partition coefficient (Wildman–Crippen LogP) is 4.64. The van der Waals surface area contributed by atoms with Crippen LogP contribution < -0.4 is 11.1 Å². The van der Waals surface area contributed by atoms with Crippen LogP contribution in [-0.4, -0.2) is 32.6 Å². The number of carbonyl (C=O) groups is 1. The van der Waals surface area contributed by atoms with Crippen LogP contribution >= 0.6 is 0 Å². The van der Waals surface area contributed by atoms with E-state index in [1.807, 2.05) is 10.8 Å². The normalized spacial score (nSPS) is 11.3. The van der Waals surface area contributed by atoms with Crippen molar-refractivity contribution >= 4 is 23.3 Å². The number of nitrogens with two attached hydrogens (primary N) is 1. The van der Waals surface area contributed by atoms with E-state index in [2.05, 4.69) is 10.3 Å². The quantitative estimate of drug-likeness (QED) is 0.219. The average molecular weight is 455 g/mol. The molecule has 0 aliphatic heterocycles. The molecule has 3 rings (SSSR count). The number of aryl methyl sites for hydroxylation is 1. The van der Waals surface area contributed by atoms with Crippen molar-refractivity contribution in [3.63, 3.8) is 0 Å². The summed E-state index contributed by atoms with van der Waals surface area (Å²) in [6, 6.07) is 8.73. The number of benzene rings is 1. The molecule has 33 heavy (non-hydrogen) atoms. The summed E-state index contributed by atoms with van der Waals surface area (Å²) in [5, 5.41) is 13.9. The average Bonchev–Trinajstić information content (AvgIpc) is 3.15. The Kier molecular flexibility index (Phi) is 6.95. The van der Waals surface area contributed by atoms with E-state index in [-0.39, 0.29) is 17.3 Å². The summed E-state index contributed by atoms with van der Waals surface area (Å²) in [6.45, 7) is 6.49. The molecule has 0 saturated heterocycles. The standard InChI is InChI=1S/C23H26FN5O4/c1-23(2,3)33-22(30)18-14-28(13-17(18)15-5-7-16(24)8-6-15)12-4-11-26-20-10-9-19(29(31)32)21(25)27-20/h5-10,13-14H,4,11-12H2,1-3H3,(H3,25,26,27). The van der Waals surface area contributed by atoms with E-state index in [1.165, 1.54) is 24.3 Å². The molecule has 3 N–H and O–H groups in total. The molecule has 0 saturated carbocycles. The van der Waals surface area contributed by atoms with Gasteiger partial charge >= 0.3 is 11.7 Å². The minimum absolute atomic E-state index is 0.152. The zero-order valence-corrected chi connectivity index (χ0v) is 18.7. The van der Waals surface area contributed by atoms with Gasteiger partial charge < -0.3 is 20.4 Å². The maximum atomic E-state index is 13.4. The Morgan fingerprint density at radius 1 is 1.21 bits per heavy atom. The van der Waals surface area contributed by atoms with Crippen molar-refractivity contribution in [2.24, 2.45) is 0 Å². The van der Waals surface area contributed by atoms with Gasteiger partial charge in [-0.1, -0.05) is 12.1 Å². The van der Waals surface area contributed by atoms with Crippen LogP contribution in [0.15, 0.2) is 48.8 Å². The van der Waals surface area contributed by atoms with Gasteiger partial charge in [-0.25, -0.2) is 14.2 Å². The Bertz CT molecular complexity index is 1150. The van der Waals surface area contributed by atoms with Crippen LogP contribution in [0.3, 0.4) is 0 Å². The monoisotopic (exact) mass is 455 g/mol. The van der Waals surface area contributed by atoms with Gasteiger partial charge in [0.1, 0.15) is 17.2 Å². The van der Waals surface area contributed by atoms with Crippen LogP contribution in [-0.2, 0) is 11.3 Å². The van der Waals surface area contributed by atoms with Gasteiger partial charge in [0.2, 0.25) is 5.82 Å². The van der Waals surface area contributed by atoms with E-state index in [0.29, 0.717) is 42.0 Å². The Morgan fingerprint density at radius 3 is 2.52 bits per heavy atom. The lowest BCUT2D eigenvalue weighted by Crippen LogP contribution is -2.24. The van der Waals surface area contributed by atoms with E-state index in [0.717, 1.165) is 0 Å². The van der Waals surface area contributed by atoms with Crippen LogP contribution in [0.5, 0.6) is 0 Å². The summed E-state index contributed by atoms with van der Waals surface area (Å²) in [6.07, 6.45) is 4.22. The molecule has 0 unspecified atom stereocenters. The largest absolute Gasteiger partial charge is 0.456 e. The molecule has 0 atom stereocenters. The molecule has 0 bridgehead atoms. The van der Waals surface area contributed by atoms with Crippen LogP contribution in [0.2, 0.25) is 0 Å². The summed E-state index contributed by atoms with van der Waals surface area (Å²) >= 11 is 0. The Labute approximate surface area is 190 Å². The van der Waals surface area contributed by atoms with Gasteiger partial charge in [-0.3, -0.25) is 10.1 Å². The first-order valence-electron chi connectivity index (χ1n) is 10.4. The molecule has 0 fully saturated rings. The van der Waals surface area contributed by atoms with Gasteiger partial charge in [-0.2, -0.15) is 0 Å². The minimum atomic E-state index is -0.650. The van der Waals surface area contributed by atoms with Crippen molar-refractivity contribution in [3.8, 4) is 11.1 Å². The number of hydrogen-bond donors (Lipinski definition) is 2. The number of halogens is 1. The second kappa shape index (κ2) is 9.68. The van der Waals surface area contributed by atoms with Crippen molar-refractivity contribution in [2.75, 3.05) is 17.6 Å². The van der Waals surface area contributed by atoms with Crippen molar-refractivity contribution in [1.29, 1.82) is 0 Å². The number of hydrogen-bond acceptors (Lipinski definition) is 7. The molecule has 2 aromatic heterocycles. The number of ether oxygens (including phenoxy) is 1. The second-order valence-electron chi connectivity index (χ2n) is 8.47. The van der Waals surface area contributed by atoms with Crippen LogP contribution in [0, 0.1) is 15.9 Å². The maximum Gasteiger partial charge on any atom is 0.340 e. The molecule has 174 valence electrons. The SMILES string of the molecule is CC(C)(C)OC(=O)c1cn(CCCNc2ccc([N+](=O)[O-])c(N)n2)cc1-c1ccc(F)cc1. The minimum Gasteiger partial charge on any atom is -0.456 e. The second-order valence-corrected chi connectivity index (χ2v) is 8.47. The zero-order valence-electron chi connectivity index (χ0n) is 18.7. The number of nitro groups is 1. The maximum absolute atomic E-state index is 13.4. The van der Waals surface area contributed by atoms with Gasteiger partial charge in [0, 0.05) is 37.1 Å². The molecule has 10 heteroatoms. The van der Waals surface area contributed by atoms with E-state index in [1.54, 1.807) is 39.1 Å². The third kappa shape index (κ3) is 6.28. The molecule has 3 aromatic rings. The molecule has 1 aromatic carbocycles. The Hall–Kier alpha value is -3.95. The molecule has 0 aliphatic carbocycles. The number of esters is 1. The van der Waals surface area contributed by atoms with Gasteiger partial charge in [-0.05, 0) is 51.0 Å². The lowest BCUT2D eigenvalue weighted by atomic mass is 10.0. The third-order valence-electron chi connectivity index (χ3n) is 4.65. The fourth-order valence-corrected chi connectivity index (χ4v) is 3.19. The molecular weight excluding hydrogens is 429 g/mol. The van der Waals surface area contributed by atoms with E-state index in [4.69, 9.17) is 10.5 Å². The van der Waals surface area contributed by atoms with E-state index >= 15 is 0 Å². The lowest BCUT2D eigenvalue weighted by molar-refractivity contribution is -0.384. The molecule has 0 aliphatic rings. The van der Waals surface area contributed by atoms with Crippen molar-refractivity contribution in [3.05, 3.63) is 70.3 Å². The highest BCUT2D eigenvalue weighted by atomic mass is 19.1. The first kappa shape index (κ1) is 23.7. The number of aromatic nitrogens is 2. The molecule has 0 radical (unpaired) electrons. The van der Waals surface area contributed by atoms with Crippen molar-refractivity contribution in [2.45, 2.75) is 39.3 Å². The topological polar surface area (TPSA) is 125 Å². The van der Waals surface area contributed by atoms with E-state index in [9.17, 15) is 19.3 Å². The lowest BCUT2D eigenvalue weighted by Gasteiger charge is -2.19. The van der Waals surface area contributed by atoms with Crippen LogP contribution in [0.1, 0.15) is 37.6 Å². The summed E-state index contributed by atoms with van der Waals surface area (Å²) in [4.78, 5) is 27.0. The summed E-state index contributed by atoms with van der Waals surface area (Å²) in [7, 11) is 0. The Morgan fingerprint density at radius 2 is 1.91 bits per heavy atom. The molecule has 2 heterocycles. The van der Waals surface area contributed by atoms with Crippen molar-refractivity contribution in [1.82, 2.24) is 9.55 Å². The third-order valence-corrected chi connectivity index (χ3v) is 4.65. The fourth-order valence-electron chi connectivity index (χ4n) is 3.19. The first-order valence-corrected chi connectivity index (χ1v) is 10.4. The van der Waals surface area contributed by atoms with Gasteiger partial charge in [0.25, 0.3) is 0 Å². The van der Waals surface area contributed by atoms with Gasteiger partial charge in [0.05, 0.1) is 10.5 Å². The molecule has 9 nitrogen and oxygen atoms in total. The van der Waals surface area contributed by atoms with Gasteiger partial charge in [-0.15, -0.1) is 0 Å². The number of nitrogens with one attached hydrogen (secondary N) is 1. The summed E-state index contributed by atoms with van der Waals surface area (Å²) < 4.78 is 20.8. The summed E-state index contributed by atoms with van der Waals surface area (Å²) in [5.74, 6) is -0.527. The smallest absolute Gasteiger partial charge is 0.340 e. The number of carbonyl (C=O) groups excluding carboxylic acids is 1. The number of anilines is 2. The number of nitrogens with zero attached hydrogens (tertiary/aromatic N) is 3. The van der Waals surface area contributed by atoms with Crippen LogP contribution in [0.25, 0.3) is 11.1 Å². The molecule has 0 amide bonds. The number of nitrogen functional groups attached to an aromatic ring is 1. The number of pyridine rings is 1. The number of rotatable bonds is 8. The van der Waals surface area contributed by atoms with Crippen LogP contribution in [0.4, 0.5) is 21.7 Å². The fraction of sp³-hybridized carbons (Fsp3) is 0.304. The van der Waals surface area contributed by atoms with Crippen molar-refractivity contribution < 1.29 is 18.8 Å². The van der Waals surface area contributed by atoms with E-state index < -0.39 is 16.5 Å².